The van der Waals surface area contributed by atoms with Crippen molar-refractivity contribution in [3.05, 3.63) is 102 Å². The summed E-state index contributed by atoms with van der Waals surface area (Å²) in [5, 5.41) is 7.61. The smallest absolute Gasteiger partial charge is 0.416 e. The van der Waals surface area contributed by atoms with Gasteiger partial charge < -0.3 is 19.5 Å². The number of aromatic nitrogens is 1. The summed E-state index contributed by atoms with van der Waals surface area (Å²) in [6.45, 7) is 5.98. The van der Waals surface area contributed by atoms with E-state index in [-0.39, 0.29) is 0 Å². The largest absolute Gasteiger partial charge is 0.489 e. The molecule has 0 amide bonds. The summed E-state index contributed by atoms with van der Waals surface area (Å²) in [6, 6.07) is 25.4. The molecule has 1 saturated heterocycles. The van der Waals surface area contributed by atoms with Crippen LogP contribution in [0.15, 0.2) is 89.5 Å². The summed E-state index contributed by atoms with van der Waals surface area (Å²) in [5.74, 6) is 1.57. The molecule has 6 nitrogen and oxygen atoms in total. The number of hydrogen-bond acceptors (Lipinski definition) is 6. The number of anilines is 1. The van der Waals surface area contributed by atoms with E-state index in [2.05, 4.69) is 15.4 Å². The second kappa shape index (κ2) is 13.0. The van der Waals surface area contributed by atoms with Crippen molar-refractivity contribution in [1.29, 1.82) is 0 Å². The fourth-order valence-corrected chi connectivity index (χ4v) is 4.74. The molecule has 40 heavy (non-hydrogen) atoms. The normalized spacial score (nSPS) is 14.4. The quantitative estimate of drug-likeness (QED) is 0.223. The van der Waals surface area contributed by atoms with Crippen LogP contribution in [0.1, 0.15) is 23.3 Å². The van der Waals surface area contributed by atoms with Crippen molar-refractivity contribution in [1.82, 2.24) is 15.4 Å². The van der Waals surface area contributed by atoms with Gasteiger partial charge in [0.25, 0.3) is 0 Å². The number of halogens is 3. The summed E-state index contributed by atoms with van der Waals surface area (Å²) in [7, 11) is 0. The lowest BCUT2D eigenvalue weighted by atomic mass is 10.1. The van der Waals surface area contributed by atoms with Crippen molar-refractivity contribution < 1.29 is 22.4 Å². The molecule has 0 bridgehead atoms. The van der Waals surface area contributed by atoms with Crippen LogP contribution in [0.5, 0.6) is 5.75 Å². The third-order valence-corrected chi connectivity index (χ3v) is 7.00. The molecule has 5 rings (SSSR count). The highest BCUT2D eigenvalue weighted by molar-refractivity contribution is 5.59. The highest BCUT2D eigenvalue weighted by Gasteiger charge is 2.31. The Morgan fingerprint density at radius 2 is 1.65 bits per heavy atom. The van der Waals surface area contributed by atoms with Crippen LogP contribution in [0.2, 0.25) is 0 Å². The van der Waals surface area contributed by atoms with Gasteiger partial charge in [0.15, 0.2) is 5.76 Å². The minimum Gasteiger partial charge on any atom is -0.489 e. The summed E-state index contributed by atoms with van der Waals surface area (Å²) in [5.41, 5.74) is 2.91. The molecule has 1 N–H and O–H groups in total. The highest BCUT2D eigenvalue weighted by atomic mass is 19.4. The van der Waals surface area contributed by atoms with Crippen molar-refractivity contribution in [3.8, 4) is 17.0 Å². The van der Waals surface area contributed by atoms with Crippen molar-refractivity contribution >= 4 is 5.69 Å². The fraction of sp³-hybridized carbons (Fsp3) is 0.323. The second-order valence-corrected chi connectivity index (χ2v) is 9.88. The van der Waals surface area contributed by atoms with Crippen LogP contribution in [0.3, 0.4) is 0 Å². The van der Waals surface area contributed by atoms with Gasteiger partial charge in [-0.15, -0.1) is 0 Å². The first-order chi connectivity index (χ1) is 19.4. The van der Waals surface area contributed by atoms with Gasteiger partial charge in [0.05, 0.1) is 12.1 Å². The number of alkyl halides is 3. The van der Waals surface area contributed by atoms with Gasteiger partial charge in [0.2, 0.25) is 0 Å². The molecule has 2 heterocycles. The summed E-state index contributed by atoms with van der Waals surface area (Å²) in [6.07, 6.45) is -3.35. The van der Waals surface area contributed by atoms with Gasteiger partial charge in [-0.1, -0.05) is 41.6 Å². The Morgan fingerprint density at radius 1 is 0.875 bits per heavy atom. The van der Waals surface area contributed by atoms with Crippen LogP contribution < -0.4 is 15.0 Å². The van der Waals surface area contributed by atoms with E-state index in [1.54, 1.807) is 6.07 Å². The Balaban J connectivity index is 0.989. The van der Waals surface area contributed by atoms with Crippen LogP contribution in [0, 0.1) is 0 Å². The Labute approximate surface area is 232 Å². The van der Waals surface area contributed by atoms with E-state index in [0.29, 0.717) is 18.8 Å². The number of nitrogens with zero attached hydrogens (tertiary/aromatic N) is 3. The lowest BCUT2D eigenvalue weighted by Gasteiger charge is -2.36. The van der Waals surface area contributed by atoms with Gasteiger partial charge >= 0.3 is 6.18 Å². The molecule has 210 valence electrons. The molecule has 0 saturated carbocycles. The second-order valence-electron chi connectivity index (χ2n) is 9.88. The first-order valence-electron chi connectivity index (χ1n) is 13.5. The van der Waals surface area contributed by atoms with E-state index in [4.69, 9.17) is 9.26 Å². The molecule has 1 fully saturated rings. The Bertz CT molecular complexity index is 1330. The molecule has 4 aromatic rings. The molecular weight excluding hydrogens is 517 g/mol. The monoisotopic (exact) mass is 550 g/mol. The van der Waals surface area contributed by atoms with E-state index in [1.807, 2.05) is 65.6 Å². The lowest BCUT2D eigenvalue weighted by Crippen LogP contribution is -2.47. The van der Waals surface area contributed by atoms with E-state index in [1.165, 1.54) is 12.1 Å². The Kier molecular flexibility index (Phi) is 9.03. The molecule has 0 aliphatic carbocycles. The van der Waals surface area contributed by atoms with Crippen molar-refractivity contribution in [2.45, 2.75) is 25.7 Å². The Hall–Kier alpha value is -3.82. The summed E-state index contributed by atoms with van der Waals surface area (Å²) >= 11 is 0. The number of nitrogens with one attached hydrogen (secondary N) is 1. The first-order valence-corrected chi connectivity index (χ1v) is 13.5. The van der Waals surface area contributed by atoms with Gasteiger partial charge in [-0.25, -0.2) is 0 Å². The SMILES string of the molecule is FC(F)(F)c1cccc(N2CCN(CCCNCc3cc(-c4ccc(OCc5ccccc5)cc4)no3)CC2)c1. The van der Waals surface area contributed by atoms with Crippen molar-refractivity contribution in [2.24, 2.45) is 0 Å². The van der Waals surface area contributed by atoms with Crippen molar-refractivity contribution in [2.75, 3.05) is 44.2 Å². The standard InChI is InChI=1S/C31H33F3N4O2/c32-31(33,34)26-8-4-9-27(20-26)38-18-16-37(17-19-38)15-5-14-35-22-29-21-30(36-40-29)25-10-12-28(13-11-25)39-23-24-6-2-1-3-7-24/h1-4,6-13,20-21,35H,5,14-19,22-23H2. The number of ether oxygens (including phenoxy) is 1. The zero-order valence-corrected chi connectivity index (χ0v) is 22.2. The molecule has 0 unspecified atom stereocenters. The molecule has 0 radical (unpaired) electrons. The highest BCUT2D eigenvalue weighted by Crippen LogP contribution is 2.32. The molecule has 9 heteroatoms. The van der Waals surface area contributed by atoms with Gasteiger partial charge in [-0.2, -0.15) is 13.2 Å². The predicted octanol–water partition coefficient (Wildman–Crippen LogP) is 6.24. The van der Waals surface area contributed by atoms with E-state index < -0.39 is 11.7 Å². The van der Waals surface area contributed by atoms with Crippen LogP contribution in [0.25, 0.3) is 11.3 Å². The number of piperazine rings is 1. The minimum absolute atomic E-state index is 0.524. The zero-order chi connectivity index (χ0) is 27.8. The van der Waals surface area contributed by atoms with E-state index in [9.17, 15) is 13.2 Å². The summed E-state index contributed by atoms with van der Waals surface area (Å²) in [4.78, 5) is 4.38. The Morgan fingerprint density at radius 3 is 2.40 bits per heavy atom. The van der Waals surface area contributed by atoms with E-state index >= 15 is 0 Å². The van der Waals surface area contributed by atoms with Crippen LogP contribution in [-0.2, 0) is 19.3 Å². The molecular formula is C31H33F3N4O2. The lowest BCUT2D eigenvalue weighted by molar-refractivity contribution is -0.137. The maximum atomic E-state index is 13.0. The molecule has 0 spiro atoms. The number of benzene rings is 3. The molecule has 1 aromatic heterocycles. The average Bonchev–Trinajstić information content (AvgIpc) is 3.46. The average molecular weight is 551 g/mol. The van der Waals surface area contributed by atoms with E-state index in [0.717, 1.165) is 80.1 Å². The van der Waals surface area contributed by atoms with Crippen LogP contribution in [-0.4, -0.2) is 49.3 Å². The van der Waals surface area contributed by atoms with Gasteiger partial charge in [-0.05, 0) is 67.5 Å². The number of hydrogen-bond donors (Lipinski definition) is 1. The minimum atomic E-state index is -4.32. The maximum Gasteiger partial charge on any atom is 0.416 e. The predicted molar refractivity (Wildman–Crippen MR) is 149 cm³/mol. The zero-order valence-electron chi connectivity index (χ0n) is 22.2. The van der Waals surface area contributed by atoms with Crippen LogP contribution in [0.4, 0.5) is 18.9 Å². The molecule has 3 aromatic carbocycles. The van der Waals surface area contributed by atoms with Crippen LogP contribution >= 0.6 is 0 Å². The maximum absolute atomic E-state index is 13.0. The topological polar surface area (TPSA) is 53.8 Å². The summed E-state index contributed by atoms with van der Waals surface area (Å²) < 4.78 is 50.4. The van der Waals surface area contributed by atoms with Crippen molar-refractivity contribution in [3.63, 3.8) is 0 Å². The fourth-order valence-electron chi connectivity index (χ4n) is 4.74. The van der Waals surface area contributed by atoms with Gasteiger partial charge in [0.1, 0.15) is 18.1 Å². The van der Waals surface area contributed by atoms with Gasteiger partial charge in [0, 0.05) is 43.5 Å². The third-order valence-electron chi connectivity index (χ3n) is 7.00. The number of rotatable bonds is 11. The first kappa shape index (κ1) is 27.7. The third kappa shape index (κ3) is 7.64. The van der Waals surface area contributed by atoms with Gasteiger partial charge in [-0.3, -0.25) is 4.90 Å². The molecule has 1 aliphatic rings. The molecule has 0 atom stereocenters. The molecule has 1 aliphatic heterocycles.